The Morgan fingerprint density at radius 3 is 2.59 bits per heavy atom. The third-order valence-electron chi connectivity index (χ3n) is 3.61. The van der Waals surface area contributed by atoms with Gasteiger partial charge in [0, 0.05) is 19.8 Å². The van der Waals surface area contributed by atoms with Gasteiger partial charge in [0.2, 0.25) is 5.91 Å². The fraction of sp³-hybridized carbons (Fsp3) is 0.818. The zero-order valence-corrected chi connectivity index (χ0v) is 9.72. The molecule has 0 aromatic rings. The van der Waals surface area contributed by atoms with E-state index in [-0.39, 0.29) is 5.91 Å². The lowest BCUT2D eigenvalue weighted by molar-refractivity contribution is -0.152. The van der Waals surface area contributed by atoms with Gasteiger partial charge < -0.3 is 20.5 Å². The molecule has 0 spiro atoms. The summed E-state index contributed by atoms with van der Waals surface area (Å²) in [6.45, 7) is 1.43. The van der Waals surface area contributed by atoms with Gasteiger partial charge in [-0.25, -0.2) is 4.79 Å². The predicted molar refractivity (Wildman–Crippen MR) is 59.3 cm³/mol. The number of rotatable bonds is 2. The quantitative estimate of drug-likeness (QED) is 0.685. The van der Waals surface area contributed by atoms with Crippen molar-refractivity contribution in [2.75, 3.05) is 19.8 Å². The van der Waals surface area contributed by atoms with Crippen LogP contribution >= 0.6 is 0 Å². The van der Waals surface area contributed by atoms with Gasteiger partial charge in [-0.15, -0.1) is 0 Å². The van der Waals surface area contributed by atoms with Crippen LogP contribution in [0.3, 0.4) is 0 Å². The molecule has 0 aliphatic carbocycles. The number of carbonyl (C=O) groups excluding carboxylic acids is 1. The number of nitrogens with two attached hydrogens (primary N) is 1. The van der Waals surface area contributed by atoms with Crippen molar-refractivity contribution >= 4 is 11.9 Å². The first-order valence-corrected chi connectivity index (χ1v) is 5.95. The molecule has 1 atom stereocenters. The summed E-state index contributed by atoms with van der Waals surface area (Å²) in [5.74, 6) is -1.17. The molecular formula is C11H18N2O4. The molecule has 1 amide bonds. The monoisotopic (exact) mass is 242 g/mol. The maximum Gasteiger partial charge on any atom is 0.326 e. The number of carboxylic acids is 1. The molecular weight excluding hydrogens is 224 g/mol. The van der Waals surface area contributed by atoms with Gasteiger partial charge >= 0.3 is 5.97 Å². The molecule has 2 saturated heterocycles. The van der Waals surface area contributed by atoms with E-state index < -0.39 is 17.6 Å². The zero-order chi connectivity index (χ0) is 12.5. The smallest absolute Gasteiger partial charge is 0.326 e. The molecule has 96 valence electrons. The lowest BCUT2D eigenvalue weighted by Crippen LogP contribution is -2.59. The van der Waals surface area contributed by atoms with Crippen LogP contribution in [0.25, 0.3) is 0 Å². The van der Waals surface area contributed by atoms with Gasteiger partial charge in [-0.05, 0) is 25.7 Å². The van der Waals surface area contributed by atoms with E-state index in [4.69, 9.17) is 15.6 Å². The average Bonchev–Trinajstić information content (AvgIpc) is 2.77. The summed E-state index contributed by atoms with van der Waals surface area (Å²) in [6, 6.07) is -0.703. The van der Waals surface area contributed by atoms with Gasteiger partial charge in [-0.1, -0.05) is 0 Å². The highest BCUT2D eigenvalue weighted by molar-refractivity contribution is 5.90. The van der Waals surface area contributed by atoms with E-state index >= 15 is 0 Å². The predicted octanol–water partition coefficient (Wildman–Crippen LogP) is -0.430. The molecule has 0 unspecified atom stereocenters. The van der Waals surface area contributed by atoms with Gasteiger partial charge in [0.15, 0.2) is 0 Å². The topological polar surface area (TPSA) is 92.9 Å². The molecule has 6 heteroatoms. The molecule has 2 aliphatic heterocycles. The first kappa shape index (κ1) is 12.3. The molecule has 0 aromatic heterocycles. The van der Waals surface area contributed by atoms with Crippen molar-refractivity contribution in [3.8, 4) is 0 Å². The van der Waals surface area contributed by atoms with E-state index in [1.165, 1.54) is 4.90 Å². The van der Waals surface area contributed by atoms with Gasteiger partial charge in [-0.2, -0.15) is 0 Å². The summed E-state index contributed by atoms with van der Waals surface area (Å²) in [5.41, 5.74) is 5.15. The number of ether oxygens (including phenoxy) is 1. The highest BCUT2D eigenvalue weighted by Crippen LogP contribution is 2.26. The number of carbonyl (C=O) groups is 2. The second-order valence-corrected chi connectivity index (χ2v) is 4.76. The number of hydrogen-bond donors (Lipinski definition) is 2. The van der Waals surface area contributed by atoms with Crippen LogP contribution in [0.5, 0.6) is 0 Å². The van der Waals surface area contributed by atoms with Crippen molar-refractivity contribution in [3.63, 3.8) is 0 Å². The van der Waals surface area contributed by atoms with E-state index in [2.05, 4.69) is 0 Å². The van der Waals surface area contributed by atoms with E-state index in [9.17, 15) is 9.59 Å². The third kappa shape index (κ3) is 2.28. The average molecular weight is 242 g/mol. The number of carboxylic acid groups (broad SMARTS) is 1. The van der Waals surface area contributed by atoms with Gasteiger partial charge in [0.05, 0.1) is 5.54 Å². The Labute approximate surface area is 99.7 Å². The molecule has 3 N–H and O–H groups in total. The minimum Gasteiger partial charge on any atom is -0.480 e. The first-order chi connectivity index (χ1) is 8.04. The third-order valence-corrected chi connectivity index (χ3v) is 3.61. The minimum atomic E-state index is -0.938. The summed E-state index contributed by atoms with van der Waals surface area (Å²) in [6.07, 6.45) is 2.19. The highest BCUT2D eigenvalue weighted by atomic mass is 16.5. The van der Waals surface area contributed by atoms with Crippen LogP contribution in [-0.4, -0.2) is 53.2 Å². The molecule has 0 radical (unpaired) electrons. The molecule has 2 rings (SSSR count). The standard InChI is InChI=1S/C11H18N2O4/c12-11(3-6-17-7-4-11)10(16)13-5-1-2-8(13)9(14)15/h8H,1-7,12H2,(H,14,15)/t8-/m0/s1. The fourth-order valence-electron chi connectivity index (χ4n) is 2.50. The van der Waals surface area contributed by atoms with Crippen molar-refractivity contribution in [2.45, 2.75) is 37.3 Å². The summed E-state index contributed by atoms with van der Waals surface area (Å²) in [5, 5.41) is 9.06. The summed E-state index contributed by atoms with van der Waals surface area (Å²) < 4.78 is 5.18. The molecule has 6 nitrogen and oxygen atoms in total. The molecule has 0 saturated carbocycles. The molecule has 2 fully saturated rings. The lowest BCUT2D eigenvalue weighted by atomic mass is 9.89. The largest absolute Gasteiger partial charge is 0.480 e. The van der Waals surface area contributed by atoms with Crippen molar-refractivity contribution in [1.29, 1.82) is 0 Å². The van der Waals surface area contributed by atoms with E-state index in [0.29, 0.717) is 39.0 Å². The van der Waals surface area contributed by atoms with Crippen LogP contribution in [0, 0.1) is 0 Å². The van der Waals surface area contributed by atoms with Gasteiger partial charge in [0.25, 0.3) is 0 Å². The summed E-state index contributed by atoms with van der Waals surface area (Å²) in [7, 11) is 0. The Morgan fingerprint density at radius 2 is 2.00 bits per heavy atom. The number of likely N-dealkylation sites (tertiary alicyclic amines) is 1. The summed E-state index contributed by atoms with van der Waals surface area (Å²) >= 11 is 0. The maximum atomic E-state index is 12.3. The Bertz CT molecular complexity index is 325. The van der Waals surface area contributed by atoms with Crippen LogP contribution in [0.1, 0.15) is 25.7 Å². The van der Waals surface area contributed by atoms with E-state index in [1.807, 2.05) is 0 Å². The SMILES string of the molecule is NC1(C(=O)N2CCC[C@H]2C(=O)O)CCOCC1. The molecule has 2 aliphatic rings. The number of nitrogens with zero attached hydrogens (tertiary/aromatic N) is 1. The van der Waals surface area contributed by atoms with Crippen LogP contribution in [0.4, 0.5) is 0 Å². The van der Waals surface area contributed by atoms with Crippen molar-refractivity contribution in [2.24, 2.45) is 5.73 Å². The van der Waals surface area contributed by atoms with Crippen molar-refractivity contribution < 1.29 is 19.4 Å². The lowest BCUT2D eigenvalue weighted by Gasteiger charge is -2.36. The normalized spacial score (nSPS) is 28.1. The molecule has 0 aromatic carbocycles. The second-order valence-electron chi connectivity index (χ2n) is 4.76. The molecule has 0 bridgehead atoms. The minimum absolute atomic E-state index is 0.231. The number of aliphatic carboxylic acids is 1. The first-order valence-electron chi connectivity index (χ1n) is 5.95. The fourth-order valence-corrected chi connectivity index (χ4v) is 2.50. The molecule has 17 heavy (non-hydrogen) atoms. The molecule has 2 heterocycles. The highest BCUT2D eigenvalue weighted by Gasteiger charge is 2.44. The number of amides is 1. The van der Waals surface area contributed by atoms with Crippen molar-refractivity contribution in [3.05, 3.63) is 0 Å². The van der Waals surface area contributed by atoms with Crippen LogP contribution < -0.4 is 5.73 Å². The van der Waals surface area contributed by atoms with E-state index in [0.717, 1.165) is 6.42 Å². The maximum absolute atomic E-state index is 12.3. The van der Waals surface area contributed by atoms with Gasteiger partial charge in [0.1, 0.15) is 6.04 Å². The Balaban J connectivity index is 2.10. The second kappa shape index (κ2) is 4.62. The van der Waals surface area contributed by atoms with Crippen molar-refractivity contribution in [1.82, 2.24) is 4.90 Å². The van der Waals surface area contributed by atoms with Crippen LogP contribution in [0.2, 0.25) is 0 Å². The summed E-state index contributed by atoms with van der Waals surface area (Å²) in [4.78, 5) is 24.8. The van der Waals surface area contributed by atoms with Crippen LogP contribution in [-0.2, 0) is 14.3 Å². The number of hydrogen-bond acceptors (Lipinski definition) is 4. The van der Waals surface area contributed by atoms with Gasteiger partial charge in [-0.3, -0.25) is 4.79 Å². The Kier molecular flexibility index (Phi) is 3.35. The Morgan fingerprint density at radius 1 is 1.35 bits per heavy atom. The zero-order valence-electron chi connectivity index (χ0n) is 9.72. The van der Waals surface area contributed by atoms with Crippen LogP contribution in [0.15, 0.2) is 0 Å². The van der Waals surface area contributed by atoms with E-state index in [1.54, 1.807) is 0 Å². The Hall–Kier alpha value is -1.14.